The summed E-state index contributed by atoms with van der Waals surface area (Å²) in [6, 6.07) is 5.42. The second-order valence-corrected chi connectivity index (χ2v) is 6.83. The molecule has 20 heavy (non-hydrogen) atoms. The summed E-state index contributed by atoms with van der Waals surface area (Å²) in [5.41, 5.74) is 2.17. The van der Waals surface area contributed by atoms with Crippen LogP contribution in [0, 0.1) is 17.2 Å². The molecule has 0 amide bonds. The van der Waals surface area contributed by atoms with Crippen LogP contribution in [0.4, 0.5) is 10.1 Å². The second-order valence-electron chi connectivity index (χ2n) is 6.83. The highest BCUT2D eigenvalue weighted by atomic mass is 19.1. The van der Waals surface area contributed by atoms with Gasteiger partial charge in [-0.25, -0.2) is 4.39 Å². The zero-order chi connectivity index (χ0) is 14.8. The van der Waals surface area contributed by atoms with E-state index in [2.05, 4.69) is 37.9 Å². The first-order valence-corrected chi connectivity index (χ1v) is 7.66. The van der Waals surface area contributed by atoms with Crippen LogP contribution in [0.25, 0.3) is 0 Å². The van der Waals surface area contributed by atoms with E-state index in [-0.39, 0.29) is 5.82 Å². The maximum atomic E-state index is 14.3. The molecule has 2 rings (SSSR count). The summed E-state index contributed by atoms with van der Waals surface area (Å²) in [6.45, 7) is 12.5. The second kappa shape index (κ2) is 6.13. The van der Waals surface area contributed by atoms with Crippen LogP contribution in [0.5, 0.6) is 0 Å². The largest absolute Gasteiger partial charge is 0.369 e. The topological polar surface area (TPSA) is 15.3 Å². The Labute approximate surface area is 122 Å². The van der Waals surface area contributed by atoms with E-state index in [9.17, 15) is 4.39 Å². The molecule has 1 N–H and O–H groups in total. The summed E-state index contributed by atoms with van der Waals surface area (Å²) in [5, 5.41) is 3.30. The molecule has 1 fully saturated rings. The van der Waals surface area contributed by atoms with E-state index in [0.717, 1.165) is 43.9 Å². The average molecular weight is 278 g/mol. The lowest BCUT2D eigenvalue weighted by Crippen LogP contribution is -2.27. The molecular weight excluding hydrogens is 251 g/mol. The van der Waals surface area contributed by atoms with Crippen molar-refractivity contribution in [2.75, 3.05) is 24.5 Å². The fourth-order valence-corrected chi connectivity index (χ4v) is 2.99. The highest BCUT2D eigenvalue weighted by Crippen LogP contribution is 2.37. The Kier molecular flexibility index (Phi) is 4.69. The molecule has 0 aliphatic carbocycles. The molecule has 1 unspecified atom stereocenters. The van der Waals surface area contributed by atoms with E-state index in [1.54, 1.807) is 6.07 Å². The number of hydrogen-bond acceptors (Lipinski definition) is 2. The summed E-state index contributed by atoms with van der Waals surface area (Å²) in [7, 11) is 0. The molecule has 1 saturated heterocycles. The van der Waals surface area contributed by atoms with E-state index in [4.69, 9.17) is 0 Å². The van der Waals surface area contributed by atoms with E-state index in [0.29, 0.717) is 11.3 Å². The smallest absolute Gasteiger partial charge is 0.146 e. The van der Waals surface area contributed by atoms with Gasteiger partial charge in [0.2, 0.25) is 0 Å². The molecule has 1 atom stereocenters. The number of nitrogens with zero attached hydrogens (tertiary/aromatic N) is 1. The number of hydrogen-bond donors (Lipinski definition) is 1. The van der Waals surface area contributed by atoms with Gasteiger partial charge in [-0.1, -0.05) is 39.8 Å². The predicted octanol–water partition coefficient (Wildman–Crippen LogP) is 3.81. The minimum Gasteiger partial charge on any atom is -0.369 e. The Morgan fingerprint density at radius 2 is 2.10 bits per heavy atom. The first-order chi connectivity index (χ1) is 9.43. The van der Waals surface area contributed by atoms with Gasteiger partial charge < -0.3 is 10.2 Å². The number of halogens is 1. The third-order valence-electron chi connectivity index (χ3n) is 4.37. The van der Waals surface area contributed by atoms with Crippen molar-refractivity contribution in [3.05, 3.63) is 29.6 Å². The quantitative estimate of drug-likeness (QED) is 0.901. The molecule has 0 spiro atoms. The number of nitrogens with one attached hydrogen (secondary N) is 1. The summed E-state index contributed by atoms with van der Waals surface area (Å²) >= 11 is 0. The zero-order valence-electron chi connectivity index (χ0n) is 13.2. The Morgan fingerprint density at radius 3 is 2.70 bits per heavy atom. The SMILES string of the molecule is CCNCc1cccc(F)c1N1CCC(C(C)(C)C)C1. The van der Waals surface area contributed by atoms with Crippen LogP contribution in [-0.2, 0) is 6.54 Å². The van der Waals surface area contributed by atoms with Gasteiger partial charge in [0.15, 0.2) is 0 Å². The van der Waals surface area contributed by atoms with Crippen LogP contribution in [0.2, 0.25) is 0 Å². The van der Waals surface area contributed by atoms with Crippen molar-refractivity contribution in [1.29, 1.82) is 0 Å². The van der Waals surface area contributed by atoms with Crippen LogP contribution in [-0.4, -0.2) is 19.6 Å². The highest BCUT2D eigenvalue weighted by Gasteiger charge is 2.33. The minimum atomic E-state index is -0.0880. The van der Waals surface area contributed by atoms with E-state index >= 15 is 0 Å². The van der Waals surface area contributed by atoms with Crippen LogP contribution in [0.3, 0.4) is 0 Å². The first kappa shape index (κ1) is 15.3. The van der Waals surface area contributed by atoms with Gasteiger partial charge in [-0.05, 0) is 35.9 Å². The molecule has 3 heteroatoms. The third-order valence-corrected chi connectivity index (χ3v) is 4.37. The van der Waals surface area contributed by atoms with Crippen LogP contribution >= 0.6 is 0 Å². The van der Waals surface area contributed by atoms with Crippen molar-refractivity contribution >= 4 is 5.69 Å². The Hall–Kier alpha value is -1.09. The maximum Gasteiger partial charge on any atom is 0.146 e. The number of para-hydroxylation sites is 1. The Bertz CT molecular complexity index is 451. The van der Waals surface area contributed by atoms with Gasteiger partial charge >= 0.3 is 0 Å². The predicted molar refractivity (Wildman–Crippen MR) is 83.6 cm³/mol. The average Bonchev–Trinajstić information content (AvgIpc) is 2.85. The monoisotopic (exact) mass is 278 g/mol. The van der Waals surface area contributed by atoms with Crippen molar-refractivity contribution < 1.29 is 4.39 Å². The third kappa shape index (κ3) is 3.32. The van der Waals surface area contributed by atoms with Crippen molar-refractivity contribution in [3.8, 4) is 0 Å². The molecular formula is C17H27FN2. The van der Waals surface area contributed by atoms with Crippen molar-refractivity contribution in [3.63, 3.8) is 0 Å². The molecule has 0 bridgehead atoms. The first-order valence-electron chi connectivity index (χ1n) is 7.66. The fraction of sp³-hybridized carbons (Fsp3) is 0.647. The van der Waals surface area contributed by atoms with Gasteiger partial charge in [-0.15, -0.1) is 0 Å². The molecule has 1 aromatic carbocycles. The summed E-state index contributed by atoms with van der Waals surface area (Å²) < 4.78 is 14.3. The van der Waals surface area contributed by atoms with Gasteiger partial charge in [-0.3, -0.25) is 0 Å². The van der Waals surface area contributed by atoms with Gasteiger partial charge in [0.05, 0.1) is 5.69 Å². The van der Waals surface area contributed by atoms with Crippen molar-refractivity contribution in [1.82, 2.24) is 5.32 Å². The summed E-state index contributed by atoms with van der Waals surface area (Å²) in [5.74, 6) is 0.545. The van der Waals surface area contributed by atoms with Gasteiger partial charge in [0.1, 0.15) is 5.82 Å². The molecule has 1 aliphatic rings. The molecule has 112 valence electrons. The summed E-state index contributed by atoms with van der Waals surface area (Å²) in [6.07, 6.45) is 1.15. The van der Waals surface area contributed by atoms with Crippen molar-refractivity contribution in [2.45, 2.75) is 40.7 Å². The molecule has 0 aromatic heterocycles. The highest BCUT2D eigenvalue weighted by molar-refractivity contribution is 5.55. The standard InChI is InChI=1S/C17H27FN2/c1-5-19-11-13-7-6-8-15(18)16(13)20-10-9-14(12-20)17(2,3)4/h6-8,14,19H,5,9-12H2,1-4H3. The number of benzene rings is 1. The Morgan fingerprint density at radius 1 is 1.35 bits per heavy atom. The molecule has 1 heterocycles. The van der Waals surface area contributed by atoms with Gasteiger partial charge in [0, 0.05) is 19.6 Å². The fourth-order valence-electron chi connectivity index (χ4n) is 2.99. The van der Waals surface area contributed by atoms with E-state index in [1.807, 2.05) is 12.1 Å². The van der Waals surface area contributed by atoms with E-state index < -0.39 is 0 Å². The Balaban J connectivity index is 2.20. The summed E-state index contributed by atoms with van der Waals surface area (Å²) in [4.78, 5) is 2.23. The molecule has 1 aliphatic heterocycles. The van der Waals surface area contributed by atoms with Crippen LogP contribution < -0.4 is 10.2 Å². The zero-order valence-corrected chi connectivity index (χ0v) is 13.2. The minimum absolute atomic E-state index is 0.0880. The number of anilines is 1. The lowest BCUT2D eigenvalue weighted by atomic mass is 9.80. The number of rotatable bonds is 4. The maximum absolute atomic E-state index is 14.3. The molecule has 0 saturated carbocycles. The molecule has 0 radical (unpaired) electrons. The van der Waals surface area contributed by atoms with Crippen LogP contribution in [0.1, 0.15) is 39.7 Å². The lowest BCUT2D eigenvalue weighted by Gasteiger charge is -2.28. The lowest BCUT2D eigenvalue weighted by molar-refractivity contribution is 0.263. The van der Waals surface area contributed by atoms with Gasteiger partial charge in [0.25, 0.3) is 0 Å². The molecule has 1 aromatic rings. The normalized spacial score (nSPS) is 19.6. The van der Waals surface area contributed by atoms with Crippen LogP contribution in [0.15, 0.2) is 18.2 Å². The molecule has 2 nitrogen and oxygen atoms in total. The van der Waals surface area contributed by atoms with E-state index in [1.165, 1.54) is 0 Å². The van der Waals surface area contributed by atoms with Gasteiger partial charge in [-0.2, -0.15) is 0 Å². The van der Waals surface area contributed by atoms with Crippen molar-refractivity contribution in [2.24, 2.45) is 11.3 Å².